The molecule has 4 rings (SSSR count). The normalized spacial score (nSPS) is 14.6. The van der Waals surface area contributed by atoms with E-state index in [4.69, 9.17) is 14.0 Å². The molecule has 7 nitrogen and oxygen atoms in total. The molecular formula is C22H23N3O4. The highest BCUT2D eigenvalue weighted by Crippen LogP contribution is 2.28. The second kappa shape index (κ2) is 8.77. The van der Waals surface area contributed by atoms with Crippen molar-refractivity contribution in [1.82, 2.24) is 15.0 Å². The van der Waals surface area contributed by atoms with Gasteiger partial charge < -0.3 is 18.9 Å². The van der Waals surface area contributed by atoms with Crippen LogP contribution >= 0.6 is 0 Å². The van der Waals surface area contributed by atoms with E-state index in [0.29, 0.717) is 30.6 Å². The lowest BCUT2D eigenvalue weighted by Crippen LogP contribution is -2.40. The zero-order valence-electron chi connectivity index (χ0n) is 16.3. The van der Waals surface area contributed by atoms with Gasteiger partial charge in [-0.3, -0.25) is 4.79 Å². The van der Waals surface area contributed by atoms with Crippen LogP contribution in [0, 0.1) is 0 Å². The molecule has 0 atom stereocenters. The van der Waals surface area contributed by atoms with Crippen molar-refractivity contribution in [2.24, 2.45) is 0 Å². The van der Waals surface area contributed by atoms with Crippen LogP contribution in [0.4, 0.5) is 0 Å². The van der Waals surface area contributed by atoms with E-state index in [1.165, 1.54) is 0 Å². The number of hydrogen-bond donors (Lipinski definition) is 0. The molecule has 0 radical (unpaired) electrons. The fourth-order valence-electron chi connectivity index (χ4n) is 3.39. The maximum Gasteiger partial charge on any atom is 0.260 e. The van der Waals surface area contributed by atoms with E-state index < -0.39 is 0 Å². The molecule has 1 amide bonds. The van der Waals surface area contributed by atoms with Crippen molar-refractivity contribution in [2.45, 2.75) is 18.8 Å². The molecule has 0 N–H and O–H groups in total. The highest BCUT2D eigenvalue weighted by atomic mass is 16.5. The molecule has 0 saturated carbocycles. The number of ether oxygens (including phenoxy) is 2. The minimum atomic E-state index is -0.0187. The van der Waals surface area contributed by atoms with Gasteiger partial charge in [-0.2, -0.15) is 4.98 Å². The molecule has 0 unspecified atom stereocenters. The van der Waals surface area contributed by atoms with Crippen molar-refractivity contribution in [3.8, 4) is 22.9 Å². The Morgan fingerprint density at radius 3 is 2.45 bits per heavy atom. The number of methoxy groups -OCH3 is 1. The van der Waals surface area contributed by atoms with E-state index in [2.05, 4.69) is 10.1 Å². The standard InChI is InChI=1S/C22H23N3O4/c1-27-18-7-9-19(10-8-18)28-15-20(26)25-13-11-17(12-14-25)22-23-21(24-29-22)16-5-3-2-4-6-16/h2-10,17H,11-15H2,1H3. The minimum absolute atomic E-state index is 0.0187. The van der Waals surface area contributed by atoms with Crippen molar-refractivity contribution in [1.29, 1.82) is 0 Å². The van der Waals surface area contributed by atoms with Gasteiger partial charge in [0, 0.05) is 24.6 Å². The van der Waals surface area contributed by atoms with Crippen LogP contribution in [0.5, 0.6) is 11.5 Å². The maximum atomic E-state index is 12.5. The minimum Gasteiger partial charge on any atom is -0.497 e. The summed E-state index contributed by atoms with van der Waals surface area (Å²) in [6, 6.07) is 17.0. The third-order valence-electron chi connectivity index (χ3n) is 5.09. The van der Waals surface area contributed by atoms with E-state index in [-0.39, 0.29) is 18.4 Å². The van der Waals surface area contributed by atoms with Gasteiger partial charge in [-0.25, -0.2) is 0 Å². The Bertz CT molecular complexity index is 932. The molecule has 2 heterocycles. The van der Waals surface area contributed by atoms with Gasteiger partial charge in [0.05, 0.1) is 7.11 Å². The van der Waals surface area contributed by atoms with Crippen molar-refractivity contribution in [3.63, 3.8) is 0 Å². The number of amides is 1. The number of nitrogens with zero attached hydrogens (tertiary/aromatic N) is 3. The number of carbonyl (C=O) groups is 1. The highest BCUT2D eigenvalue weighted by Gasteiger charge is 2.27. The number of rotatable bonds is 6. The number of benzene rings is 2. The number of hydrogen-bond acceptors (Lipinski definition) is 6. The highest BCUT2D eigenvalue weighted by molar-refractivity contribution is 5.77. The molecule has 1 aliphatic heterocycles. The first kappa shape index (κ1) is 19.0. The number of aromatic nitrogens is 2. The predicted octanol–water partition coefficient (Wildman–Crippen LogP) is 3.53. The van der Waals surface area contributed by atoms with E-state index in [0.717, 1.165) is 24.2 Å². The van der Waals surface area contributed by atoms with Crippen molar-refractivity contribution in [2.75, 3.05) is 26.8 Å². The Balaban J connectivity index is 1.27. The molecule has 1 aliphatic rings. The van der Waals surface area contributed by atoms with Crippen LogP contribution in [0.25, 0.3) is 11.4 Å². The van der Waals surface area contributed by atoms with Gasteiger partial charge in [-0.05, 0) is 37.1 Å². The van der Waals surface area contributed by atoms with Gasteiger partial charge in [-0.1, -0.05) is 35.5 Å². The summed E-state index contributed by atoms with van der Waals surface area (Å²) in [4.78, 5) is 18.8. The average Bonchev–Trinajstić information content (AvgIpc) is 3.29. The lowest BCUT2D eigenvalue weighted by molar-refractivity contribution is -0.134. The smallest absolute Gasteiger partial charge is 0.260 e. The second-order valence-electron chi connectivity index (χ2n) is 6.94. The van der Waals surface area contributed by atoms with Crippen molar-refractivity contribution < 1.29 is 18.8 Å². The number of carbonyl (C=O) groups excluding carboxylic acids is 1. The van der Waals surface area contributed by atoms with Crippen LogP contribution in [0.3, 0.4) is 0 Å². The molecule has 2 aromatic carbocycles. The maximum absolute atomic E-state index is 12.5. The first-order valence-corrected chi connectivity index (χ1v) is 9.66. The zero-order valence-corrected chi connectivity index (χ0v) is 16.3. The summed E-state index contributed by atoms with van der Waals surface area (Å²) in [5.74, 6) is 2.80. The van der Waals surface area contributed by atoms with Crippen LogP contribution in [-0.2, 0) is 4.79 Å². The quantitative estimate of drug-likeness (QED) is 0.638. The predicted molar refractivity (Wildman–Crippen MR) is 107 cm³/mol. The summed E-state index contributed by atoms with van der Waals surface area (Å²) in [6.07, 6.45) is 1.59. The lowest BCUT2D eigenvalue weighted by atomic mass is 9.97. The zero-order chi connectivity index (χ0) is 20.1. The SMILES string of the molecule is COc1ccc(OCC(=O)N2CCC(c3nc(-c4ccccc4)no3)CC2)cc1. The Morgan fingerprint density at radius 2 is 1.76 bits per heavy atom. The monoisotopic (exact) mass is 393 g/mol. The third-order valence-corrected chi connectivity index (χ3v) is 5.09. The van der Waals surface area contributed by atoms with E-state index >= 15 is 0 Å². The Kier molecular flexibility index (Phi) is 5.74. The fraction of sp³-hybridized carbons (Fsp3) is 0.318. The summed E-state index contributed by atoms with van der Waals surface area (Å²) < 4.78 is 16.2. The third kappa shape index (κ3) is 4.56. The fourth-order valence-corrected chi connectivity index (χ4v) is 3.39. The molecular weight excluding hydrogens is 370 g/mol. The first-order chi connectivity index (χ1) is 14.2. The second-order valence-corrected chi connectivity index (χ2v) is 6.94. The topological polar surface area (TPSA) is 77.7 Å². The molecule has 1 aromatic heterocycles. The van der Waals surface area contributed by atoms with Crippen LogP contribution in [-0.4, -0.2) is 47.8 Å². The average molecular weight is 393 g/mol. The van der Waals surface area contributed by atoms with Gasteiger partial charge >= 0.3 is 0 Å². The molecule has 1 saturated heterocycles. The van der Waals surface area contributed by atoms with E-state index in [1.54, 1.807) is 31.4 Å². The van der Waals surface area contributed by atoms with Gasteiger partial charge in [0.25, 0.3) is 5.91 Å². The molecule has 150 valence electrons. The first-order valence-electron chi connectivity index (χ1n) is 9.66. The number of likely N-dealkylation sites (tertiary alicyclic amines) is 1. The molecule has 0 bridgehead atoms. The Labute approximate surface area is 169 Å². The van der Waals surface area contributed by atoms with Gasteiger partial charge in [0.2, 0.25) is 11.7 Å². The van der Waals surface area contributed by atoms with Crippen LogP contribution < -0.4 is 9.47 Å². The molecule has 7 heteroatoms. The summed E-state index contributed by atoms with van der Waals surface area (Å²) in [5.41, 5.74) is 0.936. The van der Waals surface area contributed by atoms with Crippen molar-refractivity contribution in [3.05, 3.63) is 60.5 Å². The van der Waals surface area contributed by atoms with Crippen molar-refractivity contribution >= 4 is 5.91 Å². The Morgan fingerprint density at radius 1 is 1.07 bits per heavy atom. The molecule has 0 spiro atoms. The summed E-state index contributed by atoms with van der Waals surface area (Å²) in [7, 11) is 1.61. The van der Waals surface area contributed by atoms with Crippen LogP contribution in [0.1, 0.15) is 24.7 Å². The molecule has 0 aliphatic carbocycles. The van der Waals surface area contributed by atoms with Gasteiger partial charge in [-0.15, -0.1) is 0 Å². The summed E-state index contributed by atoms with van der Waals surface area (Å²) >= 11 is 0. The van der Waals surface area contributed by atoms with Gasteiger partial charge in [0.1, 0.15) is 11.5 Å². The van der Waals surface area contributed by atoms with Gasteiger partial charge in [0.15, 0.2) is 6.61 Å². The largest absolute Gasteiger partial charge is 0.497 e. The molecule has 1 fully saturated rings. The number of piperidine rings is 1. The molecule has 3 aromatic rings. The molecule has 29 heavy (non-hydrogen) atoms. The summed E-state index contributed by atoms with van der Waals surface area (Å²) in [5, 5.41) is 4.10. The van der Waals surface area contributed by atoms with E-state index in [9.17, 15) is 4.79 Å². The summed E-state index contributed by atoms with van der Waals surface area (Å²) in [6.45, 7) is 1.33. The lowest BCUT2D eigenvalue weighted by Gasteiger charge is -2.30. The van der Waals surface area contributed by atoms with Crippen LogP contribution in [0.15, 0.2) is 59.1 Å². The van der Waals surface area contributed by atoms with Crippen LogP contribution in [0.2, 0.25) is 0 Å². The van der Waals surface area contributed by atoms with E-state index in [1.807, 2.05) is 35.2 Å². The Hall–Kier alpha value is -3.35.